The molecule has 0 bridgehead atoms. The van der Waals surface area contributed by atoms with Gasteiger partial charge in [-0.3, -0.25) is 14.2 Å². The smallest absolute Gasteiger partial charge is 0.258 e. The van der Waals surface area contributed by atoms with Crippen molar-refractivity contribution < 1.29 is 4.79 Å². The number of rotatable bonds is 5. The Morgan fingerprint density at radius 1 is 1.09 bits per heavy atom. The monoisotopic (exact) mass is 295 g/mol. The van der Waals surface area contributed by atoms with Gasteiger partial charge in [-0.25, -0.2) is 0 Å². The molecule has 0 aliphatic heterocycles. The maximum atomic E-state index is 12.1. The second-order valence-corrected chi connectivity index (χ2v) is 4.95. The molecule has 3 rings (SSSR count). The number of amides is 1. The normalized spacial score (nSPS) is 10.6. The topological polar surface area (TPSA) is 64.7 Å². The van der Waals surface area contributed by atoms with Crippen LogP contribution in [0, 0.1) is 0 Å². The molecule has 0 aliphatic carbocycles. The van der Waals surface area contributed by atoms with Crippen molar-refractivity contribution in [2.45, 2.75) is 20.0 Å². The summed E-state index contributed by atoms with van der Waals surface area (Å²) in [5, 5.41) is 11.2. The SMILES string of the molecule is CCn1cc(C(=O)Nc2cnn(Cc3ccccc3)c2)cn1. The third-order valence-electron chi connectivity index (χ3n) is 3.30. The van der Waals surface area contributed by atoms with E-state index in [1.54, 1.807) is 28.0 Å². The molecule has 0 saturated heterocycles. The fourth-order valence-electron chi connectivity index (χ4n) is 2.14. The van der Waals surface area contributed by atoms with Crippen LogP contribution in [-0.2, 0) is 13.1 Å². The molecule has 112 valence electrons. The largest absolute Gasteiger partial charge is 0.319 e. The molecule has 1 amide bonds. The number of nitrogens with zero attached hydrogens (tertiary/aromatic N) is 4. The zero-order valence-electron chi connectivity index (χ0n) is 12.3. The Hall–Kier alpha value is -2.89. The quantitative estimate of drug-likeness (QED) is 0.786. The van der Waals surface area contributed by atoms with Crippen LogP contribution in [0.3, 0.4) is 0 Å². The van der Waals surface area contributed by atoms with Crippen molar-refractivity contribution >= 4 is 11.6 Å². The second kappa shape index (κ2) is 6.26. The van der Waals surface area contributed by atoms with Gasteiger partial charge < -0.3 is 5.32 Å². The number of nitrogens with one attached hydrogen (secondary N) is 1. The molecule has 0 aliphatic rings. The number of carbonyl (C=O) groups is 1. The molecule has 6 heteroatoms. The third-order valence-corrected chi connectivity index (χ3v) is 3.30. The summed E-state index contributed by atoms with van der Waals surface area (Å²) in [6.45, 7) is 3.38. The summed E-state index contributed by atoms with van der Waals surface area (Å²) < 4.78 is 3.51. The minimum Gasteiger partial charge on any atom is -0.319 e. The standard InChI is InChI=1S/C16H17N5O/c1-2-20-11-14(8-17-20)16(22)19-15-9-18-21(12-15)10-13-6-4-3-5-7-13/h3-9,11-12H,2,10H2,1H3,(H,19,22). The second-order valence-electron chi connectivity index (χ2n) is 4.95. The first-order valence-corrected chi connectivity index (χ1v) is 7.15. The molecule has 0 unspecified atom stereocenters. The van der Waals surface area contributed by atoms with Crippen LogP contribution in [0.4, 0.5) is 5.69 Å². The predicted octanol–water partition coefficient (Wildman–Crippen LogP) is 2.40. The summed E-state index contributed by atoms with van der Waals surface area (Å²) >= 11 is 0. The molecule has 1 N–H and O–H groups in total. The van der Waals surface area contributed by atoms with Gasteiger partial charge in [-0.05, 0) is 12.5 Å². The van der Waals surface area contributed by atoms with E-state index < -0.39 is 0 Å². The Kier molecular flexibility index (Phi) is 4.00. The summed E-state index contributed by atoms with van der Waals surface area (Å²) in [5.41, 5.74) is 2.37. The van der Waals surface area contributed by atoms with Gasteiger partial charge >= 0.3 is 0 Å². The highest BCUT2D eigenvalue weighted by Gasteiger charge is 2.09. The Morgan fingerprint density at radius 3 is 2.59 bits per heavy atom. The molecule has 6 nitrogen and oxygen atoms in total. The average Bonchev–Trinajstić information content (AvgIpc) is 3.17. The molecule has 0 radical (unpaired) electrons. The van der Waals surface area contributed by atoms with Gasteiger partial charge in [0.2, 0.25) is 0 Å². The van der Waals surface area contributed by atoms with Gasteiger partial charge in [0.25, 0.3) is 5.91 Å². The number of hydrogen-bond acceptors (Lipinski definition) is 3. The van der Waals surface area contributed by atoms with Crippen LogP contribution in [0.1, 0.15) is 22.8 Å². The Balaban J connectivity index is 1.65. The van der Waals surface area contributed by atoms with Crippen molar-refractivity contribution in [1.82, 2.24) is 19.6 Å². The Bertz CT molecular complexity index is 760. The van der Waals surface area contributed by atoms with Gasteiger partial charge in [-0.1, -0.05) is 30.3 Å². The van der Waals surface area contributed by atoms with Crippen LogP contribution in [0.2, 0.25) is 0 Å². The third kappa shape index (κ3) is 3.22. The maximum absolute atomic E-state index is 12.1. The molecule has 0 fully saturated rings. The molecule has 2 aromatic heterocycles. The number of hydrogen-bond donors (Lipinski definition) is 1. The van der Waals surface area contributed by atoms with Gasteiger partial charge in [0.1, 0.15) is 0 Å². The first kappa shape index (κ1) is 14.1. The lowest BCUT2D eigenvalue weighted by Crippen LogP contribution is -2.10. The lowest BCUT2D eigenvalue weighted by Gasteiger charge is -2.01. The van der Waals surface area contributed by atoms with Crippen LogP contribution < -0.4 is 5.32 Å². The summed E-state index contributed by atoms with van der Waals surface area (Å²) in [4.78, 5) is 12.1. The fourth-order valence-corrected chi connectivity index (χ4v) is 2.14. The van der Waals surface area contributed by atoms with E-state index in [-0.39, 0.29) is 5.91 Å². The molecule has 0 spiro atoms. The highest BCUT2D eigenvalue weighted by molar-refractivity contribution is 6.03. The van der Waals surface area contributed by atoms with Crippen LogP contribution in [0.25, 0.3) is 0 Å². The van der Waals surface area contributed by atoms with Crippen LogP contribution in [-0.4, -0.2) is 25.5 Å². The maximum Gasteiger partial charge on any atom is 0.258 e. The Labute approximate surface area is 128 Å². The highest BCUT2D eigenvalue weighted by atomic mass is 16.1. The summed E-state index contributed by atoms with van der Waals surface area (Å²) in [5.74, 6) is -0.182. The molecule has 0 saturated carbocycles. The number of aromatic nitrogens is 4. The van der Waals surface area contributed by atoms with E-state index in [1.165, 1.54) is 0 Å². The molecular formula is C16H17N5O. The molecule has 22 heavy (non-hydrogen) atoms. The average molecular weight is 295 g/mol. The molecule has 2 heterocycles. The van der Waals surface area contributed by atoms with E-state index in [0.717, 1.165) is 12.1 Å². The van der Waals surface area contributed by atoms with E-state index in [1.807, 2.05) is 43.5 Å². The van der Waals surface area contributed by atoms with E-state index in [4.69, 9.17) is 0 Å². The fraction of sp³-hybridized carbons (Fsp3) is 0.188. The minimum absolute atomic E-state index is 0.182. The molecule has 3 aromatic rings. The first-order valence-electron chi connectivity index (χ1n) is 7.15. The zero-order chi connectivity index (χ0) is 15.4. The summed E-state index contributed by atoms with van der Waals surface area (Å²) in [6.07, 6.45) is 6.75. The van der Waals surface area contributed by atoms with Gasteiger partial charge in [0.05, 0.1) is 30.2 Å². The van der Waals surface area contributed by atoms with E-state index in [0.29, 0.717) is 17.8 Å². The number of carbonyl (C=O) groups excluding carboxylic acids is 1. The summed E-state index contributed by atoms with van der Waals surface area (Å²) in [7, 11) is 0. The van der Waals surface area contributed by atoms with Crippen molar-refractivity contribution in [3.63, 3.8) is 0 Å². The molecular weight excluding hydrogens is 278 g/mol. The predicted molar refractivity (Wildman–Crippen MR) is 83.6 cm³/mol. The number of aryl methyl sites for hydroxylation is 1. The van der Waals surface area contributed by atoms with E-state index in [2.05, 4.69) is 15.5 Å². The van der Waals surface area contributed by atoms with Crippen molar-refractivity contribution in [3.8, 4) is 0 Å². The highest BCUT2D eigenvalue weighted by Crippen LogP contribution is 2.10. The lowest BCUT2D eigenvalue weighted by atomic mass is 10.2. The molecule has 0 atom stereocenters. The van der Waals surface area contributed by atoms with Crippen molar-refractivity contribution in [3.05, 3.63) is 66.2 Å². The van der Waals surface area contributed by atoms with Gasteiger partial charge in [0, 0.05) is 18.9 Å². The Morgan fingerprint density at radius 2 is 1.86 bits per heavy atom. The zero-order valence-corrected chi connectivity index (χ0v) is 12.3. The van der Waals surface area contributed by atoms with Gasteiger partial charge in [0.15, 0.2) is 0 Å². The van der Waals surface area contributed by atoms with Crippen LogP contribution in [0.5, 0.6) is 0 Å². The summed E-state index contributed by atoms with van der Waals surface area (Å²) in [6, 6.07) is 10.0. The number of anilines is 1. The van der Waals surface area contributed by atoms with Gasteiger partial charge in [-0.15, -0.1) is 0 Å². The van der Waals surface area contributed by atoms with Gasteiger partial charge in [-0.2, -0.15) is 10.2 Å². The molecule has 1 aromatic carbocycles. The van der Waals surface area contributed by atoms with Crippen molar-refractivity contribution in [2.75, 3.05) is 5.32 Å². The lowest BCUT2D eigenvalue weighted by molar-refractivity contribution is 0.102. The van der Waals surface area contributed by atoms with Crippen molar-refractivity contribution in [2.24, 2.45) is 0 Å². The number of benzene rings is 1. The van der Waals surface area contributed by atoms with Crippen LogP contribution >= 0.6 is 0 Å². The minimum atomic E-state index is -0.182. The van der Waals surface area contributed by atoms with E-state index in [9.17, 15) is 4.79 Å². The van der Waals surface area contributed by atoms with Crippen LogP contribution in [0.15, 0.2) is 55.1 Å². The first-order chi connectivity index (χ1) is 10.7. The van der Waals surface area contributed by atoms with E-state index >= 15 is 0 Å². The van der Waals surface area contributed by atoms with Crippen molar-refractivity contribution in [1.29, 1.82) is 0 Å².